The van der Waals surface area contributed by atoms with Crippen molar-refractivity contribution in [2.75, 3.05) is 6.54 Å². The lowest BCUT2D eigenvalue weighted by atomic mass is 9.88. The Morgan fingerprint density at radius 2 is 1.22 bits per heavy atom. The maximum atomic E-state index is 4.31. The highest BCUT2D eigenvalue weighted by atomic mass is 15.5. The van der Waals surface area contributed by atoms with Crippen molar-refractivity contribution in [2.24, 2.45) is 26.1 Å². The lowest BCUT2D eigenvalue weighted by Crippen LogP contribution is -2.20. The van der Waals surface area contributed by atoms with Crippen LogP contribution in [0, 0.1) is 10.8 Å². The summed E-state index contributed by atoms with van der Waals surface area (Å²) in [4.78, 5) is 4.31. The lowest BCUT2D eigenvalue weighted by molar-refractivity contribution is 0.365. The third-order valence-electron chi connectivity index (χ3n) is 6.17. The van der Waals surface area contributed by atoms with Crippen molar-refractivity contribution in [3.05, 3.63) is 54.0 Å². The molecule has 13 heteroatoms. The van der Waals surface area contributed by atoms with Gasteiger partial charge in [-0.25, -0.2) is 0 Å². The van der Waals surface area contributed by atoms with Crippen molar-refractivity contribution in [3.8, 4) is 0 Å². The zero-order chi connectivity index (χ0) is 34.5. The zero-order valence-corrected chi connectivity index (χ0v) is 30.2. The average Bonchev–Trinajstić information content (AvgIpc) is 3.75. The highest BCUT2D eigenvalue weighted by molar-refractivity contribution is 6.00. The van der Waals surface area contributed by atoms with Gasteiger partial charge >= 0.3 is 0 Å². The fourth-order valence-electron chi connectivity index (χ4n) is 3.22. The minimum absolute atomic E-state index is 0.00694. The Labute approximate surface area is 269 Å². The van der Waals surface area contributed by atoms with Crippen LogP contribution in [0.2, 0.25) is 0 Å². The number of rotatable bonds is 0. The number of aromatic amines is 3. The van der Waals surface area contributed by atoms with Crippen molar-refractivity contribution < 1.29 is 0 Å². The van der Waals surface area contributed by atoms with Gasteiger partial charge < -0.3 is 0 Å². The number of aliphatic imine (C=N–C) groups is 1. The second-order valence-electron chi connectivity index (χ2n) is 16.0. The molecule has 0 radical (unpaired) electrons. The number of aromatic nitrogens is 10. The van der Waals surface area contributed by atoms with Crippen LogP contribution in [0.15, 0.2) is 51.9 Å². The van der Waals surface area contributed by atoms with Gasteiger partial charge in [0.15, 0.2) is 11.6 Å². The number of nitrogens with zero attached hydrogens (tertiary/aromatic N) is 10. The smallest absolute Gasteiger partial charge is 0.179 e. The molecular formula is C32H57N13. The fraction of sp³-hybridized carbons (Fsp3) is 0.688. The van der Waals surface area contributed by atoms with Crippen LogP contribution >= 0.6 is 0 Å². The molecule has 0 saturated carbocycles. The van der Waals surface area contributed by atoms with E-state index in [0.717, 1.165) is 18.2 Å². The van der Waals surface area contributed by atoms with Gasteiger partial charge in [-0.2, -0.15) is 25.8 Å². The van der Waals surface area contributed by atoms with Crippen molar-refractivity contribution in [1.82, 2.24) is 51.4 Å². The SMILES string of the molecule is CC(C)(C)C1=NCC=C1.CC(C)(C)C1C=CN=N1.CC(C)(C)c1ccn[nH]1.CC(C)(C)c1nn[nH]n1.CC(C)(C)c1nn[nH]n1. The molecule has 13 nitrogen and oxygen atoms in total. The topological polar surface area (TPSA) is 175 Å². The van der Waals surface area contributed by atoms with Crippen LogP contribution in [-0.4, -0.2) is 69.7 Å². The van der Waals surface area contributed by atoms with E-state index >= 15 is 0 Å². The van der Waals surface area contributed by atoms with Gasteiger partial charge in [-0.3, -0.25) is 10.1 Å². The second-order valence-corrected chi connectivity index (χ2v) is 16.0. The molecule has 0 aliphatic carbocycles. The summed E-state index contributed by atoms with van der Waals surface area (Å²) >= 11 is 0. The number of H-pyrrole nitrogens is 3. The molecule has 5 rings (SSSR count). The van der Waals surface area contributed by atoms with Crippen molar-refractivity contribution in [1.29, 1.82) is 0 Å². The van der Waals surface area contributed by atoms with E-state index in [1.165, 1.54) is 11.4 Å². The molecule has 45 heavy (non-hydrogen) atoms. The van der Waals surface area contributed by atoms with E-state index in [4.69, 9.17) is 0 Å². The molecule has 0 bridgehead atoms. The number of azo groups is 1. The Hall–Kier alpha value is -3.90. The number of allylic oxidation sites excluding steroid dienone is 1. The molecule has 3 N–H and O–H groups in total. The van der Waals surface area contributed by atoms with E-state index in [2.05, 4.69) is 141 Å². The van der Waals surface area contributed by atoms with Gasteiger partial charge in [0.1, 0.15) is 0 Å². The van der Waals surface area contributed by atoms with Crippen molar-refractivity contribution >= 4 is 5.71 Å². The van der Waals surface area contributed by atoms with Gasteiger partial charge in [0, 0.05) is 45.5 Å². The highest BCUT2D eigenvalue weighted by Crippen LogP contribution is 2.26. The van der Waals surface area contributed by atoms with Gasteiger partial charge in [0.25, 0.3) is 0 Å². The maximum Gasteiger partial charge on any atom is 0.179 e. The van der Waals surface area contributed by atoms with Gasteiger partial charge in [-0.1, -0.05) is 120 Å². The summed E-state index contributed by atoms with van der Waals surface area (Å²) in [5.41, 5.74) is 3.10. The first-order valence-electron chi connectivity index (χ1n) is 15.3. The normalized spacial score (nSPS) is 15.9. The van der Waals surface area contributed by atoms with E-state index in [1.54, 1.807) is 12.4 Å². The molecule has 2 aliphatic rings. The molecule has 0 spiro atoms. The summed E-state index contributed by atoms with van der Waals surface area (Å²) in [6.07, 6.45) is 9.77. The van der Waals surface area contributed by atoms with Gasteiger partial charge in [-0.05, 0) is 23.6 Å². The molecule has 5 heterocycles. The summed E-state index contributed by atoms with van der Waals surface area (Å²) < 4.78 is 0. The minimum Gasteiger partial charge on any atom is -0.285 e. The summed E-state index contributed by atoms with van der Waals surface area (Å²) in [6, 6.07) is 2.29. The van der Waals surface area contributed by atoms with Crippen LogP contribution < -0.4 is 0 Å². The molecule has 1 atom stereocenters. The first-order valence-corrected chi connectivity index (χ1v) is 15.3. The van der Waals surface area contributed by atoms with Gasteiger partial charge in [0.05, 0.1) is 12.6 Å². The molecule has 2 aliphatic heterocycles. The second kappa shape index (κ2) is 16.4. The monoisotopic (exact) mass is 623 g/mol. The van der Waals surface area contributed by atoms with Crippen molar-refractivity contribution in [2.45, 2.75) is 126 Å². The minimum atomic E-state index is 0.00694. The highest BCUT2D eigenvalue weighted by Gasteiger charge is 2.23. The Kier molecular flexibility index (Phi) is 14.3. The Balaban J connectivity index is 0.000000281. The quantitative estimate of drug-likeness (QED) is 0.239. The average molecular weight is 624 g/mol. The number of hydrogen-bond acceptors (Lipinski definition) is 10. The van der Waals surface area contributed by atoms with Gasteiger partial charge in [0.2, 0.25) is 0 Å². The predicted molar refractivity (Wildman–Crippen MR) is 181 cm³/mol. The van der Waals surface area contributed by atoms with Crippen LogP contribution in [0.25, 0.3) is 0 Å². The first kappa shape index (κ1) is 39.1. The molecule has 0 saturated heterocycles. The predicted octanol–water partition coefficient (Wildman–Crippen LogP) is 7.13. The number of nitrogens with one attached hydrogen (secondary N) is 3. The van der Waals surface area contributed by atoms with E-state index in [0.29, 0.717) is 0 Å². The van der Waals surface area contributed by atoms with Crippen molar-refractivity contribution in [3.63, 3.8) is 0 Å². The lowest BCUT2D eigenvalue weighted by Gasteiger charge is -2.20. The molecular weight excluding hydrogens is 566 g/mol. The molecule has 3 aromatic rings. The summed E-state index contributed by atoms with van der Waals surface area (Å²) in [5.74, 6) is 1.50. The molecule has 0 fully saturated rings. The van der Waals surface area contributed by atoms with E-state index in [9.17, 15) is 0 Å². The summed E-state index contributed by atoms with van der Waals surface area (Å²) in [6.45, 7) is 32.6. The van der Waals surface area contributed by atoms with Crippen LogP contribution in [0.1, 0.15) is 121 Å². The first-order chi connectivity index (χ1) is 20.5. The Morgan fingerprint density at radius 1 is 0.689 bits per heavy atom. The third-order valence-corrected chi connectivity index (χ3v) is 6.17. The summed E-state index contributed by atoms with van der Waals surface area (Å²) in [7, 11) is 0. The fourth-order valence-corrected chi connectivity index (χ4v) is 3.22. The Bertz CT molecular complexity index is 1200. The Morgan fingerprint density at radius 3 is 1.40 bits per heavy atom. The van der Waals surface area contributed by atoms with Crippen LogP contribution in [0.3, 0.4) is 0 Å². The zero-order valence-electron chi connectivity index (χ0n) is 30.2. The van der Waals surface area contributed by atoms with E-state index < -0.39 is 0 Å². The third kappa shape index (κ3) is 15.6. The number of tetrazole rings is 2. The van der Waals surface area contributed by atoms with Gasteiger partial charge in [-0.15, -0.1) is 20.4 Å². The molecule has 1 unspecified atom stereocenters. The van der Waals surface area contributed by atoms with E-state index in [1.807, 2.05) is 53.7 Å². The van der Waals surface area contributed by atoms with E-state index in [-0.39, 0.29) is 33.1 Å². The van der Waals surface area contributed by atoms with Crippen LogP contribution in [0.4, 0.5) is 0 Å². The van der Waals surface area contributed by atoms with Crippen LogP contribution in [0.5, 0.6) is 0 Å². The van der Waals surface area contributed by atoms with Crippen LogP contribution in [-0.2, 0) is 16.2 Å². The number of hydrogen-bond donors (Lipinski definition) is 3. The molecule has 250 valence electrons. The summed E-state index contributed by atoms with van der Waals surface area (Å²) in [5, 5.41) is 41.7. The molecule has 0 amide bonds. The standard InChI is InChI=1S/C8H13N.2C7H12N2.2C5H10N4/c1-8(2,3)7-5-4-6-9-7;2*1-7(2,3)6-4-5-8-9-6;2*1-5(2,3)4-6-8-9-7-4/h4-5H,6H2,1-3H3;4-5H,1-3H3,(H,8,9);4-6H,1-3H3;2*1-3H3,(H,6,7,8,9). The molecule has 0 aromatic carbocycles. The molecule has 3 aromatic heterocycles. The largest absolute Gasteiger partial charge is 0.285 e. The maximum absolute atomic E-state index is 4.31.